The van der Waals surface area contributed by atoms with Crippen LogP contribution in [0.2, 0.25) is 0 Å². The molecule has 0 radical (unpaired) electrons. The fraction of sp³-hybridized carbons (Fsp3) is 0.400. The monoisotopic (exact) mass is 539 g/mol. The van der Waals surface area contributed by atoms with E-state index in [1.54, 1.807) is 32.2 Å². The summed E-state index contributed by atoms with van der Waals surface area (Å²) in [4.78, 5) is 29.1. The molecule has 3 aliphatic rings. The number of ether oxygens (including phenoxy) is 4. The minimum absolute atomic E-state index is 0.128. The highest BCUT2D eigenvalue weighted by atomic mass is 16.7. The van der Waals surface area contributed by atoms with E-state index in [1.165, 1.54) is 4.90 Å². The fourth-order valence-corrected chi connectivity index (χ4v) is 3.59. The quantitative estimate of drug-likeness (QED) is 0.456. The highest BCUT2D eigenvalue weighted by molar-refractivity contribution is 6.04. The van der Waals surface area contributed by atoms with E-state index in [-0.39, 0.29) is 25.3 Å². The number of rotatable bonds is 8. The van der Waals surface area contributed by atoms with Gasteiger partial charge in [0.2, 0.25) is 13.6 Å². The summed E-state index contributed by atoms with van der Waals surface area (Å²) in [5.74, 6) is 2.02. The van der Waals surface area contributed by atoms with Gasteiger partial charge in [-0.05, 0) is 64.2 Å². The Hall–Kier alpha value is -4.14. The van der Waals surface area contributed by atoms with Crippen molar-refractivity contribution in [2.45, 2.75) is 46.6 Å². The maximum atomic E-state index is 12.8. The Balaban J connectivity index is 0.000000337. The molecule has 212 valence electrons. The summed E-state index contributed by atoms with van der Waals surface area (Å²) < 4.78 is 20.1. The van der Waals surface area contributed by atoms with Crippen molar-refractivity contribution in [3.05, 3.63) is 84.8 Å². The van der Waals surface area contributed by atoms with E-state index in [0.717, 1.165) is 19.5 Å². The molecule has 1 atom stereocenters. The van der Waals surface area contributed by atoms with E-state index < -0.39 is 6.04 Å². The van der Waals surface area contributed by atoms with Crippen LogP contribution in [0.15, 0.2) is 79.2 Å². The van der Waals surface area contributed by atoms with Crippen molar-refractivity contribution >= 4 is 11.7 Å². The van der Waals surface area contributed by atoms with Crippen molar-refractivity contribution in [2.24, 2.45) is 0 Å². The van der Waals surface area contributed by atoms with E-state index in [1.807, 2.05) is 42.6 Å². The Bertz CT molecular complexity index is 1090. The molecule has 1 aromatic rings. The van der Waals surface area contributed by atoms with Crippen LogP contribution in [0.4, 0.5) is 0 Å². The lowest BCUT2D eigenvalue weighted by Gasteiger charge is -2.27. The molecular formula is C30H41N3O6. The number of hydrogen-bond acceptors (Lipinski definition) is 8. The fourth-order valence-electron chi connectivity index (χ4n) is 3.59. The SMILES string of the molecule is C/C=C\NCC.C=C1OCOC1=C.CCCN1C=CCC(C(=O)N(C)C(C)C(=O)c2ccc3c(c2)OCO3)=C1. The van der Waals surface area contributed by atoms with Crippen LogP contribution in [-0.4, -0.2) is 61.3 Å². The first-order valence-electron chi connectivity index (χ1n) is 13.1. The molecule has 9 nitrogen and oxygen atoms in total. The van der Waals surface area contributed by atoms with Crippen LogP contribution in [0.5, 0.6) is 11.5 Å². The zero-order valence-electron chi connectivity index (χ0n) is 23.7. The number of benzene rings is 1. The molecule has 0 aromatic heterocycles. The summed E-state index contributed by atoms with van der Waals surface area (Å²) in [5, 5.41) is 3.02. The molecular weight excluding hydrogens is 498 g/mol. The molecule has 3 heterocycles. The molecule has 4 rings (SSSR count). The molecule has 3 aliphatic heterocycles. The van der Waals surface area contributed by atoms with Crippen molar-refractivity contribution in [1.29, 1.82) is 0 Å². The maximum absolute atomic E-state index is 12.8. The van der Waals surface area contributed by atoms with Gasteiger partial charge in [-0.1, -0.05) is 32.2 Å². The Kier molecular flexibility index (Phi) is 12.7. The summed E-state index contributed by atoms with van der Waals surface area (Å²) in [7, 11) is 1.67. The van der Waals surface area contributed by atoms with E-state index >= 15 is 0 Å². The van der Waals surface area contributed by atoms with Gasteiger partial charge in [0.25, 0.3) is 5.91 Å². The first-order chi connectivity index (χ1) is 18.7. The highest BCUT2D eigenvalue weighted by Gasteiger charge is 2.27. The zero-order chi connectivity index (χ0) is 28.8. The van der Waals surface area contributed by atoms with Crippen LogP contribution >= 0.6 is 0 Å². The normalized spacial score (nSPS) is 15.7. The molecule has 1 amide bonds. The third-order valence-electron chi connectivity index (χ3n) is 5.92. The second-order valence-electron chi connectivity index (χ2n) is 8.82. The highest BCUT2D eigenvalue weighted by Crippen LogP contribution is 2.33. The van der Waals surface area contributed by atoms with Crippen molar-refractivity contribution in [3.63, 3.8) is 0 Å². The smallest absolute Gasteiger partial charge is 0.251 e. The number of carbonyl (C=O) groups is 2. The van der Waals surface area contributed by atoms with Gasteiger partial charge in [-0.15, -0.1) is 0 Å². The van der Waals surface area contributed by atoms with Crippen LogP contribution in [0.1, 0.15) is 50.9 Å². The first kappa shape index (κ1) is 31.1. The minimum atomic E-state index is -0.575. The number of amides is 1. The molecule has 1 N–H and O–H groups in total. The van der Waals surface area contributed by atoms with Gasteiger partial charge in [0.15, 0.2) is 28.8 Å². The molecule has 39 heavy (non-hydrogen) atoms. The van der Waals surface area contributed by atoms with Gasteiger partial charge >= 0.3 is 0 Å². The second kappa shape index (κ2) is 16.0. The number of carbonyl (C=O) groups excluding carboxylic acids is 2. The predicted molar refractivity (Wildman–Crippen MR) is 152 cm³/mol. The van der Waals surface area contributed by atoms with Crippen molar-refractivity contribution in [2.75, 3.05) is 33.7 Å². The average molecular weight is 540 g/mol. The van der Waals surface area contributed by atoms with Crippen molar-refractivity contribution < 1.29 is 28.5 Å². The predicted octanol–water partition coefficient (Wildman–Crippen LogP) is 5.11. The van der Waals surface area contributed by atoms with Crippen LogP contribution in [0.3, 0.4) is 0 Å². The minimum Gasteiger partial charge on any atom is -0.454 e. The molecule has 0 saturated carbocycles. The third kappa shape index (κ3) is 9.28. The molecule has 9 heteroatoms. The third-order valence-corrected chi connectivity index (χ3v) is 5.92. The lowest BCUT2D eigenvalue weighted by Crippen LogP contribution is -2.41. The van der Waals surface area contributed by atoms with Crippen molar-refractivity contribution in [3.8, 4) is 11.5 Å². The molecule has 0 bridgehead atoms. The number of nitrogens with zero attached hydrogens (tertiary/aromatic N) is 2. The average Bonchev–Trinajstić information content (AvgIpc) is 3.58. The van der Waals surface area contributed by atoms with Crippen LogP contribution < -0.4 is 14.8 Å². The van der Waals surface area contributed by atoms with E-state index in [9.17, 15) is 9.59 Å². The lowest BCUT2D eigenvalue weighted by atomic mass is 10.0. The van der Waals surface area contributed by atoms with Gasteiger partial charge < -0.3 is 34.1 Å². The Labute approximate surface area is 232 Å². The zero-order valence-corrected chi connectivity index (χ0v) is 23.7. The largest absolute Gasteiger partial charge is 0.454 e. The standard InChI is InChI=1S/C20H24N2O4.C5H11N.C5H6O2/c1-4-9-22-10-5-6-16(12-22)20(24)21(3)14(2)19(23)15-7-8-17-18(11-15)26-13-25-17;1-3-5-6-4-2;1-4-5(2)7-3-6-4/h5,7-8,10-12,14H,4,6,9,13H2,1-3H3;3,5-6H,4H2,1-2H3;1-3H2/b;5-3-;. The summed E-state index contributed by atoms with van der Waals surface area (Å²) in [5.41, 5.74) is 1.19. The van der Waals surface area contributed by atoms with Gasteiger partial charge in [0.05, 0.1) is 6.04 Å². The number of nitrogens with one attached hydrogen (secondary N) is 1. The molecule has 1 unspecified atom stereocenters. The first-order valence-corrected chi connectivity index (χ1v) is 13.1. The summed E-state index contributed by atoms with van der Waals surface area (Å²) in [6.45, 7) is 17.2. The summed E-state index contributed by atoms with van der Waals surface area (Å²) >= 11 is 0. The summed E-state index contributed by atoms with van der Waals surface area (Å²) in [6, 6.07) is 4.53. The molecule has 1 fully saturated rings. The molecule has 0 spiro atoms. The Morgan fingerprint density at radius 1 is 1.10 bits per heavy atom. The number of likely N-dealkylation sites (N-methyl/N-ethyl adjacent to an activating group) is 1. The number of allylic oxidation sites excluding steroid dienone is 2. The number of hydrogen-bond donors (Lipinski definition) is 1. The summed E-state index contributed by atoms with van der Waals surface area (Å²) in [6.07, 6.45) is 11.3. The van der Waals surface area contributed by atoms with E-state index in [2.05, 4.69) is 32.3 Å². The number of Topliss-reactive ketones (excluding diaryl/α,β-unsaturated/α-hetero) is 1. The van der Waals surface area contributed by atoms with E-state index in [4.69, 9.17) is 18.9 Å². The molecule has 1 saturated heterocycles. The van der Waals surface area contributed by atoms with Gasteiger partial charge in [0, 0.05) is 37.5 Å². The lowest BCUT2D eigenvalue weighted by molar-refractivity contribution is -0.127. The Morgan fingerprint density at radius 2 is 1.77 bits per heavy atom. The number of fused-ring (bicyclic) bond motifs is 1. The maximum Gasteiger partial charge on any atom is 0.251 e. The molecule has 1 aromatic carbocycles. The second-order valence-corrected chi connectivity index (χ2v) is 8.82. The van der Waals surface area contributed by atoms with E-state index in [0.29, 0.717) is 40.6 Å². The van der Waals surface area contributed by atoms with Crippen LogP contribution in [0, 0.1) is 0 Å². The van der Waals surface area contributed by atoms with Gasteiger partial charge in [-0.2, -0.15) is 0 Å². The van der Waals surface area contributed by atoms with Crippen LogP contribution in [-0.2, 0) is 14.3 Å². The van der Waals surface area contributed by atoms with Gasteiger partial charge in [-0.3, -0.25) is 9.59 Å². The van der Waals surface area contributed by atoms with Crippen molar-refractivity contribution in [1.82, 2.24) is 15.1 Å². The van der Waals surface area contributed by atoms with Crippen LogP contribution in [0.25, 0.3) is 0 Å². The molecule has 0 aliphatic carbocycles. The number of ketones is 1. The topological polar surface area (TPSA) is 89.6 Å². The van der Waals surface area contributed by atoms with Gasteiger partial charge in [0.1, 0.15) is 0 Å². The van der Waals surface area contributed by atoms with Gasteiger partial charge in [-0.25, -0.2) is 0 Å². The Morgan fingerprint density at radius 3 is 2.33 bits per heavy atom.